The molecule has 0 unspecified atom stereocenters. The van der Waals surface area contributed by atoms with E-state index in [0.29, 0.717) is 42.9 Å². The van der Waals surface area contributed by atoms with Crippen LogP contribution in [0.15, 0.2) is 36.4 Å². The number of benzene rings is 2. The molecule has 10 nitrogen and oxygen atoms in total. The molecule has 1 aliphatic heterocycles. The summed E-state index contributed by atoms with van der Waals surface area (Å²) in [5.74, 6) is -0.834. The van der Waals surface area contributed by atoms with Crippen LogP contribution in [-0.4, -0.2) is 53.6 Å². The van der Waals surface area contributed by atoms with Crippen molar-refractivity contribution in [2.45, 2.75) is 49.6 Å². The van der Waals surface area contributed by atoms with E-state index in [0.717, 1.165) is 35.1 Å². The monoisotopic (exact) mass is 513 g/mol. The van der Waals surface area contributed by atoms with Crippen LogP contribution in [0.4, 0.5) is 0 Å². The van der Waals surface area contributed by atoms with Gasteiger partial charge in [0.05, 0.1) is 18.0 Å². The van der Waals surface area contributed by atoms with Crippen LogP contribution in [0.2, 0.25) is 0 Å². The van der Waals surface area contributed by atoms with Gasteiger partial charge in [0, 0.05) is 17.2 Å². The quantitative estimate of drug-likeness (QED) is 0.196. The molecule has 0 bridgehead atoms. The normalized spacial score (nSPS) is 22.3. The number of piperidine rings is 1. The molecule has 196 valence electrons. The van der Waals surface area contributed by atoms with E-state index in [1.54, 1.807) is 41.3 Å². The van der Waals surface area contributed by atoms with Gasteiger partial charge in [-0.05, 0) is 91.1 Å². The molecule has 3 aliphatic rings. The van der Waals surface area contributed by atoms with E-state index in [9.17, 15) is 19.6 Å². The number of carbonyl (C=O) groups excluding carboxylic acids is 3. The zero-order valence-corrected chi connectivity index (χ0v) is 21.0. The summed E-state index contributed by atoms with van der Waals surface area (Å²) < 4.78 is 0. The molecule has 0 radical (unpaired) electrons. The third-order valence-electron chi connectivity index (χ3n) is 8.32. The van der Waals surface area contributed by atoms with E-state index in [1.807, 2.05) is 0 Å². The van der Waals surface area contributed by atoms with E-state index in [1.165, 1.54) is 0 Å². The Morgan fingerprint density at radius 2 is 1.58 bits per heavy atom. The van der Waals surface area contributed by atoms with Crippen molar-refractivity contribution < 1.29 is 14.4 Å². The molecule has 3 amide bonds. The van der Waals surface area contributed by atoms with Crippen LogP contribution in [0.3, 0.4) is 0 Å². The Morgan fingerprint density at radius 1 is 1.00 bits per heavy atom. The van der Waals surface area contributed by atoms with Crippen molar-refractivity contribution in [2.75, 3.05) is 13.1 Å². The van der Waals surface area contributed by atoms with E-state index >= 15 is 0 Å². The number of fused-ring (bicyclic) bond motifs is 3. The maximum atomic E-state index is 12.9. The number of nitriles is 1. The van der Waals surface area contributed by atoms with Gasteiger partial charge in [-0.1, -0.05) is 12.1 Å². The second-order valence-corrected chi connectivity index (χ2v) is 10.5. The van der Waals surface area contributed by atoms with Gasteiger partial charge in [0.15, 0.2) is 0 Å². The molecule has 1 saturated heterocycles. The highest BCUT2D eigenvalue weighted by Gasteiger charge is 2.54. The lowest BCUT2D eigenvalue weighted by Crippen LogP contribution is -2.46. The molecule has 2 aromatic carbocycles. The Labute approximate surface area is 220 Å². The van der Waals surface area contributed by atoms with Crippen molar-refractivity contribution in [2.24, 2.45) is 23.1 Å². The Bertz CT molecular complexity index is 1330. The standard InChI is InChI=1S/C28H31N7O3/c29-13-20-11-19-12-23(19)35(20)24(36)14-34-8-7-28(27(32)33)21-5-3-17(25(30)37)9-15(21)1-2-16-10-18(26(31)38)4-6-22(16)28/h3-6,9-10,19-20,23,34H,1-2,7-8,11-12,14H2,(H2,30,37)(H2,31,38)(H3,32,33)/t19-,20+,23+/m1/s1. The topological polar surface area (TPSA) is 192 Å². The highest BCUT2D eigenvalue weighted by atomic mass is 16.2. The van der Waals surface area contributed by atoms with Crippen LogP contribution >= 0.6 is 0 Å². The maximum absolute atomic E-state index is 12.9. The molecule has 1 saturated carbocycles. The van der Waals surface area contributed by atoms with Gasteiger partial charge >= 0.3 is 0 Å². The third kappa shape index (κ3) is 4.19. The van der Waals surface area contributed by atoms with Crippen LogP contribution in [-0.2, 0) is 23.1 Å². The number of amidine groups is 1. The van der Waals surface area contributed by atoms with Crippen LogP contribution in [0.1, 0.15) is 62.2 Å². The van der Waals surface area contributed by atoms with Crippen molar-refractivity contribution in [3.8, 4) is 6.07 Å². The minimum atomic E-state index is -1.06. The molecule has 5 rings (SSSR count). The summed E-state index contributed by atoms with van der Waals surface area (Å²) in [6.45, 7) is 0.439. The summed E-state index contributed by atoms with van der Waals surface area (Å²) in [5.41, 5.74) is 20.4. The number of nitrogens with two attached hydrogens (primary N) is 3. The maximum Gasteiger partial charge on any atom is 0.248 e. The third-order valence-corrected chi connectivity index (χ3v) is 8.32. The fourth-order valence-electron chi connectivity index (χ4n) is 6.34. The van der Waals surface area contributed by atoms with Gasteiger partial charge in [0.25, 0.3) is 0 Å². The molecule has 10 heteroatoms. The van der Waals surface area contributed by atoms with Gasteiger partial charge < -0.3 is 27.4 Å². The highest BCUT2D eigenvalue weighted by molar-refractivity contribution is 5.97. The first kappa shape index (κ1) is 25.4. The largest absolute Gasteiger partial charge is 0.387 e. The van der Waals surface area contributed by atoms with Gasteiger partial charge in [-0.3, -0.25) is 19.8 Å². The Hall–Kier alpha value is -4.23. The molecular weight excluding hydrogens is 482 g/mol. The van der Waals surface area contributed by atoms with Gasteiger partial charge in [-0.2, -0.15) is 5.26 Å². The van der Waals surface area contributed by atoms with Crippen LogP contribution in [0.5, 0.6) is 0 Å². The first-order valence-corrected chi connectivity index (χ1v) is 12.8. The van der Waals surface area contributed by atoms with E-state index < -0.39 is 17.2 Å². The summed E-state index contributed by atoms with van der Waals surface area (Å²) in [6.07, 6.45) is 3.18. The predicted octanol–water partition coefficient (Wildman–Crippen LogP) is 0.698. The van der Waals surface area contributed by atoms with Crippen molar-refractivity contribution in [3.05, 3.63) is 69.8 Å². The predicted molar refractivity (Wildman–Crippen MR) is 140 cm³/mol. The lowest BCUT2D eigenvalue weighted by molar-refractivity contribution is -0.131. The second kappa shape index (κ2) is 9.58. The van der Waals surface area contributed by atoms with E-state index in [4.69, 9.17) is 22.6 Å². The smallest absolute Gasteiger partial charge is 0.248 e. The molecule has 2 fully saturated rings. The fraction of sp³-hybridized carbons (Fsp3) is 0.393. The van der Waals surface area contributed by atoms with Crippen molar-refractivity contribution in [1.29, 1.82) is 10.7 Å². The Kier molecular flexibility index (Phi) is 6.41. The zero-order valence-electron chi connectivity index (χ0n) is 21.0. The SMILES string of the molecule is N#C[C@@H]1C[C@@H]2C[C@@H]2N1C(=O)CNCCC1(C(=N)N)c2ccc(C(N)=O)cc2CCc2cc(C(N)=O)ccc21. The molecule has 3 atom stereocenters. The summed E-state index contributed by atoms with van der Waals surface area (Å²) in [6, 6.07) is 12.4. The summed E-state index contributed by atoms with van der Waals surface area (Å²) in [7, 11) is 0. The minimum absolute atomic E-state index is 0.0797. The Morgan fingerprint density at radius 3 is 2.08 bits per heavy atom. The molecule has 0 spiro atoms. The number of aryl methyl sites for hydroxylation is 2. The van der Waals surface area contributed by atoms with Gasteiger partial charge in [0.2, 0.25) is 17.7 Å². The average molecular weight is 514 g/mol. The first-order valence-electron chi connectivity index (χ1n) is 12.8. The number of hydrogen-bond donors (Lipinski definition) is 5. The van der Waals surface area contributed by atoms with Crippen LogP contribution < -0.4 is 22.5 Å². The molecule has 2 aromatic rings. The second-order valence-electron chi connectivity index (χ2n) is 10.5. The van der Waals surface area contributed by atoms with E-state index in [-0.39, 0.29) is 30.4 Å². The summed E-state index contributed by atoms with van der Waals surface area (Å²) in [5, 5.41) is 21.4. The number of amides is 3. The molecular formula is C28H31N7O3. The average Bonchev–Trinajstić information content (AvgIpc) is 3.58. The highest BCUT2D eigenvalue weighted by Crippen LogP contribution is 2.47. The minimum Gasteiger partial charge on any atom is -0.387 e. The lowest BCUT2D eigenvalue weighted by atomic mass is 9.69. The van der Waals surface area contributed by atoms with Gasteiger partial charge in [-0.15, -0.1) is 0 Å². The van der Waals surface area contributed by atoms with Gasteiger partial charge in [-0.25, -0.2) is 0 Å². The molecule has 1 heterocycles. The number of nitrogens with one attached hydrogen (secondary N) is 2. The number of likely N-dealkylation sites (tertiary alicyclic amines) is 1. The van der Waals surface area contributed by atoms with Crippen molar-refractivity contribution >= 4 is 23.6 Å². The number of primary amides is 2. The van der Waals surface area contributed by atoms with Crippen molar-refractivity contribution in [1.82, 2.24) is 10.2 Å². The molecule has 0 aromatic heterocycles. The molecule has 2 aliphatic carbocycles. The van der Waals surface area contributed by atoms with Crippen LogP contribution in [0.25, 0.3) is 0 Å². The van der Waals surface area contributed by atoms with Crippen LogP contribution in [0, 0.1) is 22.7 Å². The fourth-order valence-corrected chi connectivity index (χ4v) is 6.34. The summed E-state index contributed by atoms with van der Waals surface area (Å²) in [4.78, 5) is 38.4. The number of hydrogen-bond acceptors (Lipinski definition) is 6. The zero-order chi connectivity index (χ0) is 27.2. The van der Waals surface area contributed by atoms with E-state index in [2.05, 4.69) is 11.4 Å². The van der Waals surface area contributed by atoms with Gasteiger partial charge in [0.1, 0.15) is 11.9 Å². The lowest BCUT2D eigenvalue weighted by Gasteiger charge is -2.36. The Balaban J connectivity index is 1.46. The number of rotatable bonds is 8. The number of carbonyl (C=O) groups is 3. The molecule has 38 heavy (non-hydrogen) atoms. The van der Waals surface area contributed by atoms with Crippen molar-refractivity contribution in [3.63, 3.8) is 0 Å². The number of nitrogens with zero attached hydrogens (tertiary/aromatic N) is 2. The molecule has 8 N–H and O–H groups in total. The first-order chi connectivity index (χ1) is 18.2. The summed E-state index contributed by atoms with van der Waals surface area (Å²) >= 11 is 0.